The number of hydrazone groups is 1. The van der Waals surface area contributed by atoms with Gasteiger partial charge in [0.2, 0.25) is 5.91 Å². The van der Waals surface area contributed by atoms with Gasteiger partial charge < -0.3 is 0 Å². The number of halogens is 1. The van der Waals surface area contributed by atoms with Crippen LogP contribution in [-0.2, 0) is 4.79 Å². The molecule has 0 aliphatic heterocycles. The van der Waals surface area contributed by atoms with Gasteiger partial charge in [-0.2, -0.15) is 5.10 Å². The predicted molar refractivity (Wildman–Crippen MR) is 92.7 cm³/mol. The van der Waals surface area contributed by atoms with Crippen molar-refractivity contribution in [1.82, 2.24) is 5.43 Å². The number of fused-ring (bicyclic) bond motifs is 1. The second-order valence-electron chi connectivity index (χ2n) is 6.53. The third-order valence-corrected chi connectivity index (χ3v) is 5.53. The molecule has 2 aliphatic carbocycles. The number of hydrogen-bond acceptors (Lipinski definition) is 2. The van der Waals surface area contributed by atoms with Crippen LogP contribution in [0, 0.1) is 17.8 Å². The molecule has 2 atom stereocenters. The van der Waals surface area contributed by atoms with Crippen LogP contribution in [-0.4, -0.2) is 11.6 Å². The van der Waals surface area contributed by atoms with Crippen molar-refractivity contribution in [2.45, 2.75) is 45.4 Å². The van der Waals surface area contributed by atoms with Crippen LogP contribution < -0.4 is 5.43 Å². The van der Waals surface area contributed by atoms with Crippen LogP contribution in [0.25, 0.3) is 0 Å². The van der Waals surface area contributed by atoms with Crippen LogP contribution in [0.5, 0.6) is 0 Å². The summed E-state index contributed by atoms with van der Waals surface area (Å²) in [5.74, 6) is 1.55. The van der Waals surface area contributed by atoms with E-state index in [0.29, 0.717) is 11.8 Å². The predicted octanol–water partition coefficient (Wildman–Crippen LogP) is 4.51. The Kier molecular flexibility index (Phi) is 4.97. The number of amides is 1. The van der Waals surface area contributed by atoms with Crippen molar-refractivity contribution in [3.63, 3.8) is 0 Å². The summed E-state index contributed by atoms with van der Waals surface area (Å²) in [6.45, 7) is 1.93. The summed E-state index contributed by atoms with van der Waals surface area (Å²) < 4.78 is 1.02. The van der Waals surface area contributed by atoms with E-state index in [9.17, 15) is 4.79 Å². The van der Waals surface area contributed by atoms with E-state index in [2.05, 4.69) is 26.5 Å². The first-order valence-corrected chi connectivity index (χ1v) is 9.06. The van der Waals surface area contributed by atoms with Crippen LogP contribution in [0.2, 0.25) is 0 Å². The summed E-state index contributed by atoms with van der Waals surface area (Å²) in [6.07, 6.45) is 7.67. The quantitative estimate of drug-likeness (QED) is 0.623. The lowest BCUT2D eigenvalue weighted by atomic mass is 10.0. The largest absolute Gasteiger partial charge is 0.273 e. The van der Waals surface area contributed by atoms with E-state index in [1.165, 1.54) is 38.5 Å². The van der Waals surface area contributed by atoms with E-state index in [-0.39, 0.29) is 11.8 Å². The molecule has 0 aromatic heterocycles. The number of carbonyl (C=O) groups excluding carboxylic acids is 1. The zero-order valence-corrected chi connectivity index (χ0v) is 14.6. The number of hydrogen-bond donors (Lipinski definition) is 1. The first kappa shape index (κ1) is 15.7. The van der Waals surface area contributed by atoms with Gasteiger partial charge in [0.1, 0.15) is 0 Å². The Labute approximate surface area is 140 Å². The minimum Gasteiger partial charge on any atom is -0.273 e. The summed E-state index contributed by atoms with van der Waals surface area (Å²) >= 11 is 3.46. The van der Waals surface area contributed by atoms with Gasteiger partial charge in [-0.3, -0.25) is 4.79 Å². The molecule has 2 saturated carbocycles. The molecule has 0 unspecified atom stereocenters. The molecule has 1 N–H and O–H groups in total. The molecule has 118 valence electrons. The minimum atomic E-state index is 0.117. The van der Waals surface area contributed by atoms with E-state index in [4.69, 9.17) is 0 Å². The highest BCUT2D eigenvalue weighted by molar-refractivity contribution is 9.10. The lowest BCUT2D eigenvalue weighted by Crippen LogP contribution is -2.22. The number of carbonyl (C=O) groups is 1. The molecule has 1 aromatic rings. The zero-order valence-electron chi connectivity index (χ0n) is 13.0. The zero-order chi connectivity index (χ0) is 15.5. The molecule has 1 aromatic carbocycles. The standard InChI is InChI=1S/C18H23BrN2O/c1-12(13-7-6-8-14(19)11-13)20-21-18(22)17-15-9-4-2-3-5-10-16(15)17/h6-8,11,15-17H,2-5,9-10H2,1H3,(H,21,22)/t15-,16-/m0/s1. The third-order valence-electron chi connectivity index (χ3n) is 5.04. The van der Waals surface area contributed by atoms with Gasteiger partial charge >= 0.3 is 0 Å². The average molecular weight is 363 g/mol. The van der Waals surface area contributed by atoms with Crippen molar-refractivity contribution in [2.24, 2.45) is 22.9 Å². The van der Waals surface area contributed by atoms with Gasteiger partial charge in [0, 0.05) is 10.4 Å². The number of nitrogens with zero attached hydrogens (tertiary/aromatic N) is 1. The Morgan fingerprint density at radius 1 is 1.18 bits per heavy atom. The number of rotatable bonds is 3. The van der Waals surface area contributed by atoms with Crippen molar-refractivity contribution >= 4 is 27.5 Å². The molecule has 0 radical (unpaired) electrons. The maximum absolute atomic E-state index is 12.4. The highest BCUT2D eigenvalue weighted by atomic mass is 79.9. The monoisotopic (exact) mass is 362 g/mol. The van der Waals surface area contributed by atoms with Gasteiger partial charge in [-0.25, -0.2) is 5.43 Å². The van der Waals surface area contributed by atoms with Crippen LogP contribution in [0.3, 0.4) is 0 Å². The topological polar surface area (TPSA) is 41.5 Å². The fourth-order valence-electron chi connectivity index (χ4n) is 3.73. The molecule has 0 bridgehead atoms. The summed E-state index contributed by atoms with van der Waals surface area (Å²) in [4.78, 5) is 12.4. The summed E-state index contributed by atoms with van der Waals surface area (Å²) in [5.41, 5.74) is 4.66. The molecular formula is C18H23BrN2O. The second kappa shape index (κ2) is 6.95. The van der Waals surface area contributed by atoms with E-state index >= 15 is 0 Å². The first-order chi connectivity index (χ1) is 10.7. The fourth-order valence-corrected chi connectivity index (χ4v) is 4.13. The Morgan fingerprint density at radius 3 is 2.50 bits per heavy atom. The molecule has 1 amide bonds. The summed E-state index contributed by atoms with van der Waals surface area (Å²) in [6, 6.07) is 7.97. The SMILES string of the molecule is CC(=NNC(=O)C1[C@H]2CCCCCC[C@H]12)c1cccc(Br)c1. The molecule has 0 spiro atoms. The van der Waals surface area contributed by atoms with Gasteiger partial charge in [-0.15, -0.1) is 0 Å². The third kappa shape index (κ3) is 3.60. The molecule has 3 nitrogen and oxygen atoms in total. The van der Waals surface area contributed by atoms with Crippen molar-refractivity contribution in [3.05, 3.63) is 34.3 Å². The molecule has 0 heterocycles. The van der Waals surface area contributed by atoms with E-state index in [0.717, 1.165) is 15.7 Å². The van der Waals surface area contributed by atoms with E-state index in [1.54, 1.807) is 0 Å². The fraction of sp³-hybridized carbons (Fsp3) is 0.556. The van der Waals surface area contributed by atoms with Crippen molar-refractivity contribution in [3.8, 4) is 0 Å². The lowest BCUT2D eigenvalue weighted by Gasteiger charge is -2.04. The molecule has 0 saturated heterocycles. The van der Waals surface area contributed by atoms with E-state index in [1.807, 2.05) is 31.2 Å². The Balaban J connectivity index is 1.59. The highest BCUT2D eigenvalue weighted by Gasteiger charge is 2.53. The van der Waals surface area contributed by atoms with Gasteiger partial charge in [0.15, 0.2) is 0 Å². The summed E-state index contributed by atoms with van der Waals surface area (Å²) in [7, 11) is 0. The summed E-state index contributed by atoms with van der Waals surface area (Å²) in [5, 5.41) is 4.30. The van der Waals surface area contributed by atoms with Gasteiger partial charge in [0.05, 0.1) is 5.71 Å². The molecule has 3 rings (SSSR count). The Hall–Kier alpha value is -1.16. The van der Waals surface area contributed by atoms with Gasteiger partial charge in [-0.05, 0) is 49.3 Å². The Bertz CT molecular complexity index is 570. The van der Waals surface area contributed by atoms with Crippen LogP contribution in [0.15, 0.2) is 33.8 Å². The van der Waals surface area contributed by atoms with Crippen molar-refractivity contribution in [1.29, 1.82) is 0 Å². The normalized spacial score (nSPS) is 28.3. The van der Waals surface area contributed by atoms with Crippen LogP contribution in [0.4, 0.5) is 0 Å². The van der Waals surface area contributed by atoms with Crippen LogP contribution >= 0.6 is 15.9 Å². The molecule has 4 heteroatoms. The van der Waals surface area contributed by atoms with Crippen molar-refractivity contribution < 1.29 is 4.79 Å². The van der Waals surface area contributed by atoms with E-state index < -0.39 is 0 Å². The highest BCUT2D eigenvalue weighted by Crippen LogP contribution is 2.53. The molecule has 22 heavy (non-hydrogen) atoms. The van der Waals surface area contributed by atoms with Crippen LogP contribution in [0.1, 0.15) is 51.0 Å². The molecular weight excluding hydrogens is 340 g/mol. The van der Waals surface area contributed by atoms with Gasteiger partial charge in [0.25, 0.3) is 0 Å². The average Bonchev–Trinajstić information content (AvgIpc) is 3.15. The molecule has 2 fully saturated rings. The smallest absolute Gasteiger partial charge is 0.243 e. The number of nitrogens with one attached hydrogen (secondary N) is 1. The van der Waals surface area contributed by atoms with Crippen molar-refractivity contribution in [2.75, 3.05) is 0 Å². The number of benzene rings is 1. The Morgan fingerprint density at radius 2 is 1.86 bits per heavy atom. The minimum absolute atomic E-state index is 0.117. The maximum Gasteiger partial charge on any atom is 0.243 e. The molecule has 2 aliphatic rings. The first-order valence-electron chi connectivity index (χ1n) is 8.27. The van der Waals surface area contributed by atoms with Gasteiger partial charge in [-0.1, -0.05) is 53.7 Å². The second-order valence-corrected chi connectivity index (χ2v) is 7.44. The lowest BCUT2D eigenvalue weighted by molar-refractivity contribution is -0.122. The maximum atomic E-state index is 12.4.